The van der Waals surface area contributed by atoms with Crippen molar-refractivity contribution in [3.05, 3.63) is 23.8 Å². The van der Waals surface area contributed by atoms with Crippen LogP contribution in [0.25, 0.3) is 0 Å². The van der Waals surface area contributed by atoms with Gasteiger partial charge in [-0.2, -0.15) is 0 Å². The molecule has 4 nitrogen and oxygen atoms in total. The molecule has 0 saturated heterocycles. The second-order valence-electron chi connectivity index (χ2n) is 6.26. The van der Waals surface area contributed by atoms with Crippen LogP contribution in [0.4, 0.5) is 0 Å². The van der Waals surface area contributed by atoms with E-state index < -0.39 is 5.97 Å². The standard InChI is InChI=1S/2C9H16O2/c1-7(2)5-6-11-9(10)8(3)4;1-7(2)5-4-6-8(3)9(10)11/h7H,3,5-6H2,1-2,4H3;6-7H,4-5H2,1-3H3,(H,10,11). The van der Waals surface area contributed by atoms with E-state index in [9.17, 15) is 9.59 Å². The van der Waals surface area contributed by atoms with Crippen molar-refractivity contribution in [3.8, 4) is 0 Å². The average Bonchev–Trinajstić information content (AvgIpc) is 2.38. The Labute approximate surface area is 135 Å². The third-order valence-electron chi connectivity index (χ3n) is 2.81. The van der Waals surface area contributed by atoms with Crippen molar-refractivity contribution in [2.75, 3.05) is 6.61 Å². The van der Waals surface area contributed by atoms with Crippen LogP contribution in [0.5, 0.6) is 0 Å². The van der Waals surface area contributed by atoms with Crippen molar-refractivity contribution >= 4 is 11.9 Å². The third kappa shape index (κ3) is 16.5. The lowest BCUT2D eigenvalue weighted by molar-refractivity contribution is -0.139. The number of allylic oxidation sites excluding steroid dienone is 1. The second kappa shape index (κ2) is 13.1. The Bertz CT molecular complexity index is 379. The minimum atomic E-state index is -0.811. The van der Waals surface area contributed by atoms with E-state index in [1.807, 2.05) is 0 Å². The van der Waals surface area contributed by atoms with Gasteiger partial charge in [0.2, 0.25) is 0 Å². The molecule has 0 aromatic carbocycles. The van der Waals surface area contributed by atoms with Gasteiger partial charge in [0.1, 0.15) is 0 Å². The largest absolute Gasteiger partial charge is 0.478 e. The Morgan fingerprint density at radius 3 is 1.95 bits per heavy atom. The molecule has 0 radical (unpaired) electrons. The highest BCUT2D eigenvalue weighted by atomic mass is 16.5. The molecule has 22 heavy (non-hydrogen) atoms. The predicted octanol–water partition coefficient (Wildman–Crippen LogP) is 4.61. The maximum Gasteiger partial charge on any atom is 0.333 e. The first kappa shape index (κ1) is 22.7. The highest BCUT2D eigenvalue weighted by Gasteiger charge is 2.02. The van der Waals surface area contributed by atoms with Crippen LogP contribution < -0.4 is 0 Å². The molecule has 0 heterocycles. The molecule has 0 rings (SSSR count). The Kier molecular flexibility index (Phi) is 13.5. The molecule has 1 N–H and O–H groups in total. The molecule has 0 aromatic rings. The van der Waals surface area contributed by atoms with Crippen LogP contribution in [-0.2, 0) is 14.3 Å². The summed E-state index contributed by atoms with van der Waals surface area (Å²) in [7, 11) is 0. The normalized spacial score (nSPS) is 11.0. The molecule has 0 fully saturated rings. The van der Waals surface area contributed by atoms with Crippen LogP contribution in [0.15, 0.2) is 23.8 Å². The minimum absolute atomic E-state index is 0.286. The highest BCUT2D eigenvalue weighted by Crippen LogP contribution is 2.06. The molecule has 0 aliphatic heterocycles. The van der Waals surface area contributed by atoms with Gasteiger partial charge in [-0.25, -0.2) is 9.59 Å². The van der Waals surface area contributed by atoms with Crippen LogP contribution >= 0.6 is 0 Å². The van der Waals surface area contributed by atoms with Gasteiger partial charge in [0.25, 0.3) is 0 Å². The fourth-order valence-electron chi connectivity index (χ4n) is 1.23. The van der Waals surface area contributed by atoms with Crippen molar-refractivity contribution < 1.29 is 19.4 Å². The Morgan fingerprint density at radius 2 is 1.59 bits per heavy atom. The third-order valence-corrected chi connectivity index (χ3v) is 2.81. The quantitative estimate of drug-likeness (QED) is 0.525. The number of hydrogen-bond donors (Lipinski definition) is 1. The first-order valence-corrected chi connectivity index (χ1v) is 7.80. The molecular weight excluding hydrogens is 280 g/mol. The topological polar surface area (TPSA) is 63.6 Å². The van der Waals surface area contributed by atoms with E-state index in [-0.39, 0.29) is 5.97 Å². The van der Waals surface area contributed by atoms with Gasteiger partial charge < -0.3 is 9.84 Å². The summed E-state index contributed by atoms with van der Waals surface area (Å²) in [5.74, 6) is 0.125. The van der Waals surface area contributed by atoms with Gasteiger partial charge in [-0.15, -0.1) is 0 Å². The van der Waals surface area contributed by atoms with E-state index in [0.29, 0.717) is 29.6 Å². The van der Waals surface area contributed by atoms with Crippen molar-refractivity contribution in [1.29, 1.82) is 0 Å². The van der Waals surface area contributed by atoms with Crippen LogP contribution in [0, 0.1) is 11.8 Å². The summed E-state index contributed by atoms with van der Waals surface area (Å²) in [5.41, 5.74) is 0.916. The lowest BCUT2D eigenvalue weighted by atomic mass is 10.1. The number of carbonyl (C=O) groups excluding carboxylic acids is 1. The molecular formula is C18H32O4. The molecule has 0 spiro atoms. The van der Waals surface area contributed by atoms with Gasteiger partial charge in [0.15, 0.2) is 0 Å². The number of ether oxygens (including phenoxy) is 1. The number of esters is 1. The summed E-state index contributed by atoms with van der Waals surface area (Å²) in [6, 6.07) is 0. The number of aliphatic carboxylic acids is 1. The fraction of sp³-hybridized carbons (Fsp3) is 0.667. The van der Waals surface area contributed by atoms with Crippen molar-refractivity contribution in [1.82, 2.24) is 0 Å². The number of carboxylic acid groups (broad SMARTS) is 1. The Morgan fingerprint density at radius 1 is 1.09 bits per heavy atom. The van der Waals surface area contributed by atoms with Crippen LogP contribution in [0.3, 0.4) is 0 Å². The molecule has 0 amide bonds. The van der Waals surface area contributed by atoms with Crippen molar-refractivity contribution in [2.24, 2.45) is 11.8 Å². The maximum atomic E-state index is 10.8. The molecule has 0 bridgehead atoms. The van der Waals surface area contributed by atoms with Gasteiger partial charge in [-0.05, 0) is 44.9 Å². The van der Waals surface area contributed by atoms with Gasteiger partial charge in [0, 0.05) is 11.1 Å². The van der Waals surface area contributed by atoms with Crippen molar-refractivity contribution in [3.63, 3.8) is 0 Å². The van der Waals surface area contributed by atoms with Gasteiger partial charge in [-0.1, -0.05) is 40.3 Å². The number of carbonyl (C=O) groups is 2. The van der Waals surface area contributed by atoms with E-state index in [1.165, 1.54) is 0 Å². The SMILES string of the molecule is C=C(C)C(=O)OCCC(C)C.CC(=CCCC(C)C)C(=O)O. The summed E-state index contributed by atoms with van der Waals surface area (Å²) < 4.78 is 4.88. The predicted molar refractivity (Wildman–Crippen MR) is 90.7 cm³/mol. The molecule has 0 aromatic heterocycles. The van der Waals surface area contributed by atoms with Gasteiger partial charge in [-0.3, -0.25) is 0 Å². The first-order chi connectivity index (χ1) is 10.1. The number of rotatable bonds is 8. The smallest absolute Gasteiger partial charge is 0.333 e. The zero-order chi connectivity index (χ0) is 17.7. The highest BCUT2D eigenvalue weighted by molar-refractivity contribution is 5.86. The second-order valence-corrected chi connectivity index (χ2v) is 6.26. The summed E-state index contributed by atoms with van der Waals surface area (Å²) in [5, 5.41) is 8.48. The Balaban J connectivity index is 0. The molecule has 0 atom stereocenters. The zero-order valence-electron chi connectivity index (χ0n) is 14.9. The van der Waals surface area contributed by atoms with E-state index in [0.717, 1.165) is 19.3 Å². The van der Waals surface area contributed by atoms with E-state index >= 15 is 0 Å². The van der Waals surface area contributed by atoms with Crippen LogP contribution in [0.1, 0.15) is 60.8 Å². The molecule has 0 aliphatic rings. The molecule has 0 aliphatic carbocycles. The lowest BCUT2D eigenvalue weighted by Crippen LogP contribution is -2.07. The van der Waals surface area contributed by atoms with Gasteiger partial charge in [0.05, 0.1) is 6.61 Å². The number of carboxylic acids is 1. The molecule has 128 valence electrons. The van der Waals surface area contributed by atoms with E-state index in [1.54, 1.807) is 19.9 Å². The Hall–Kier alpha value is -1.58. The zero-order valence-corrected chi connectivity index (χ0v) is 14.9. The summed E-state index contributed by atoms with van der Waals surface area (Å²) in [6.45, 7) is 15.7. The summed E-state index contributed by atoms with van der Waals surface area (Å²) in [6.07, 6.45) is 4.63. The van der Waals surface area contributed by atoms with Crippen LogP contribution in [-0.4, -0.2) is 23.7 Å². The number of hydrogen-bond acceptors (Lipinski definition) is 3. The molecule has 4 heteroatoms. The van der Waals surface area contributed by atoms with Gasteiger partial charge >= 0.3 is 11.9 Å². The summed E-state index contributed by atoms with van der Waals surface area (Å²) in [4.78, 5) is 21.1. The maximum absolute atomic E-state index is 10.8. The van der Waals surface area contributed by atoms with Crippen LogP contribution in [0.2, 0.25) is 0 Å². The summed E-state index contributed by atoms with van der Waals surface area (Å²) >= 11 is 0. The van der Waals surface area contributed by atoms with E-state index in [4.69, 9.17) is 9.84 Å². The fourth-order valence-corrected chi connectivity index (χ4v) is 1.23. The van der Waals surface area contributed by atoms with Crippen molar-refractivity contribution in [2.45, 2.75) is 60.8 Å². The minimum Gasteiger partial charge on any atom is -0.478 e. The van der Waals surface area contributed by atoms with E-state index in [2.05, 4.69) is 34.3 Å². The lowest BCUT2D eigenvalue weighted by Gasteiger charge is -2.05. The average molecular weight is 312 g/mol. The first-order valence-electron chi connectivity index (χ1n) is 7.80. The molecule has 0 unspecified atom stereocenters. The molecule has 0 saturated carbocycles. The monoisotopic (exact) mass is 312 g/mol.